The van der Waals surface area contributed by atoms with Crippen molar-refractivity contribution in [2.45, 2.75) is 39.5 Å². The zero-order chi connectivity index (χ0) is 16.5. The lowest BCUT2D eigenvalue weighted by molar-refractivity contribution is 0.0690. The van der Waals surface area contributed by atoms with Gasteiger partial charge in [-0.15, -0.1) is 0 Å². The van der Waals surface area contributed by atoms with Gasteiger partial charge in [0.1, 0.15) is 5.75 Å². The Kier molecular flexibility index (Phi) is 7.40. The molecular weight excluding hydrogens is 288 g/mol. The summed E-state index contributed by atoms with van der Waals surface area (Å²) in [4.78, 5) is 14.5. The van der Waals surface area contributed by atoms with Gasteiger partial charge in [-0.3, -0.25) is 4.79 Å². The Morgan fingerprint density at radius 3 is 2.52 bits per heavy atom. The maximum Gasteiger partial charge on any atom is 0.253 e. The van der Waals surface area contributed by atoms with Crippen molar-refractivity contribution < 1.29 is 9.53 Å². The van der Waals surface area contributed by atoms with Crippen molar-refractivity contribution in [3.8, 4) is 5.75 Å². The van der Waals surface area contributed by atoms with Gasteiger partial charge in [0.15, 0.2) is 0 Å². The summed E-state index contributed by atoms with van der Waals surface area (Å²) >= 11 is 0. The van der Waals surface area contributed by atoms with E-state index in [2.05, 4.69) is 19.2 Å². The molecule has 0 unspecified atom stereocenters. The van der Waals surface area contributed by atoms with Crippen LogP contribution in [0.15, 0.2) is 24.3 Å². The Morgan fingerprint density at radius 2 is 1.91 bits per heavy atom. The summed E-state index contributed by atoms with van der Waals surface area (Å²) in [5.74, 6) is 1.69. The second-order valence-electron chi connectivity index (χ2n) is 6.27. The maximum absolute atomic E-state index is 12.6. The molecule has 128 valence electrons. The fraction of sp³-hybridized carbons (Fsp3) is 0.632. The summed E-state index contributed by atoms with van der Waals surface area (Å²) < 4.78 is 5.65. The summed E-state index contributed by atoms with van der Waals surface area (Å²) in [5, 5.41) is 3.40. The maximum atomic E-state index is 12.6. The number of benzene rings is 1. The van der Waals surface area contributed by atoms with Crippen molar-refractivity contribution in [1.29, 1.82) is 0 Å². The molecule has 4 nitrogen and oxygen atoms in total. The molecule has 0 aliphatic carbocycles. The normalized spacial score (nSPS) is 15.7. The third kappa shape index (κ3) is 5.54. The SMILES string of the molecule is CCCCOc1ccc(C(=O)N2CCC(CNCC)CC2)cc1. The first-order chi connectivity index (χ1) is 11.2. The van der Waals surface area contributed by atoms with Crippen LogP contribution in [0.25, 0.3) is 0 Å². The summed E-state index contributed by atoms with van der Waals surface area (Å²) in [5.41, 5.74) is 0.762. The van der Waals surface area contributed by atoms with Crippen LogP contribution in [0, 0.1) is 5.92 Å². The minimum atomic E-state index is 0.145. The first kappa shape index (κ1) is 17.8. The molecule has 1 amide bonds. The highest BCUT2D eigenvalue weighted by Gasteiger charge is 2.23. The van der Waals surface area contributed by atoms with Crippen LogP contribution in [0.2, 0.25) is 0 Å². The number of piperidine rings is 1. The average molecular weight is 318 g/mol. The quantitative estimate of drug-likeness (QED) is 0.748. The third-order valence-corrected chi connectivity index (χ3v) is 4.45. The predicted octanol–water partition coefficient (Wildman–Crippen LogP) is 3.33. The molecule has 1 N–H and O–H groups in total. The Labute approximate surface area is 140 Å². The van der Waals surface area contributed by atoms with E-state index in [0.717, 1.165) is 69.8 Å². The van der Waals surface area contributed by atoms with Gasteiger partial charge in [0, 0.05) is 18.7 Å². The molecule has 1 heterocycles. The second kappa shape index (κ2) is 9.56. The van der Waals surface area contributed by atoms with E-state index in [-0.39, 0.29) is 5.91 Å². The van der Waals surface area contributed by atoms with Gasteiger partial charge in [-0.25, -0.2) is 0 Å². The molecule has 23 heavy (non-hydrogen) atoms. The van der Waals surface area contributed by atoms with Crippen molar-refractivity contribution in [3.63, 3.8) is 0 Å². The summed E-state index contributed by atoms with van der Waals surface area (Å²) in [6.07, 6.45) is 4.37. The summed E-state index contributed by atoms with van der Waals surface area (Å²) in [6, 6.07) is 7.57. The molecule has 1 aliphatic rings. The number of hydrogen-bond donors (Lipinski definition) is 1. The van der Waals surface area contributed by atoms with E-state index in [1.54, 1.807) is 0 Å². The number of likely N-dealkylation sites (tertiary alicyclic amines) is 1. The lowest BCUT2D eigenvalue weighted by Gasteiger charge is -2.32. The van der Waals surface area contributed by atoms with Gasteiger partial charge in [-0.1, -0.05) is 20.3 Å². The van der Waals surface area contributed by atoms with Crippen LogP contribution in [0.3, 0.4) is 0 Å². The van der Waals surface area contributed by atoms with Gasteiger partial charge in [0.25, 0.3) is 5.91 Å². The lowest BCUT2D eigenvalue weighted by Crippen LogP contribution is -2.40. The highest BCUT2D eigenvalue weighted by Crippen LogP contribution is 2.20. The van der Waals surface area contributed by atoms with E-state index in [9.17, 15) is 4.79 Å². The largest absolute Gasteiger partial charge is 0.494 e. The van der Waals surface area contributed by atoms with Gasteiger partial charge >= 0.3 is 0 Å². The predicted molar refractivity (Wildman–Crippen MR) is 94.0 cm³/mol. The van der Waals surface area contributed by atoms with E-state index in [1.807, 2.05) is 29.2 Å². The number of rotatable bonds is 8. The molecule has 0 radical (unpaired) electrons. The molecule has 0 atom stereocenters. The molecule has 0 spiro atoms. The number of hydrogen-bond acceptors (Lipinski definition) is 3. The zero-order valence-corrected chi connectivity index (χ0v) is 14.5. The van der Waals surface area contributed by atoms with Gasteiger partial charge in [-0.05, 0) is 62.5 Å². The number of ether oxygens (including phenoxy) is 1. The number of carbonyl (C=O) groups is 1. The minimum Gasteiger partial charge on any atom is -0.494 e. The van der Waals surface area contributed by atoms with Crippen LogP contribution in [-0.2, 0) is 0 Å². The summed E-state index contributed by atoms with van der Waals surface area (Å²) in [6.45, 7) is 8.84. The van der Waals surface area contributed by atoms with E-state index in [4.69, 9.17) is 4.74 Å². The molecule has 0 bridgehead atoms. The number of amides is 1. The molecule has 1 aromatic rings. The van der Waals surface area contributed by atoms with Gasteiger partial charge in [-0.2, -0.15) is 0 Å². The molecular formula is C19H30N2O2. The Morgan fingerprint density at radius 1 is 1.22 bits per heavy atom. The van der Waals surface area contributed by atoms with Crippen LogP contribution >= 0.6 is 0 Å². The number of nitrogens with zero attached hydrogens (tertiary/aromatic N) is 1. The first-order valence-electron chi connectivity index (χ1n) is 8.97. The molecule has 0 aromatic heterocycles. The van der Waals surface area contributed by atoms with Crippen molar-refractivity contribution in [3.05, 3.63) is 29.8 Å². The van der Waals surface area contributed by atoms with E-state index >= 15 is 0 Å². The van der Waals surface area contributed by atoms with Crippen molar-refractivity contribution in [2.75, 3.05) is 32.8 Å². The zero-order valence-electron chi connectivity index (χ0n) is 14.5. The van der Waals surface area contributed by atoms with Crippen LogP contribution in [-0.4, -0.2) is 43.6 Å². The van der Waals surface area contributed by atoms with E-state index < -0.39 is 0 Å². The topological polar surface area (TPSA) is 41.6 Å². The molecule has 1 fully saturated rings. The fourth-order valence-electron chi connectivity index (χ4n) is 2.90. The molecule has 2 rings (SSSR count). The van der Waals surface area contributed by atoms with Crippen LogP contribution in [0.4, 0.5) is 0 Å². The fourth-order valence-corrected chi connectivity index (χ4v) is 2.90. The van der Waals surface area contributed by atoms with Crippen LogP contribution < -0.4 is 10.1 Å². The van der Waals surface area contributed by atoms with Crippen molar-refractivity contribution in [2.24, 2.45) is 5.92 Å². The summed E-state index contributed by atoms with van der Waals surface area (Å²) in [7, 11) is 0. The average Bonchev–Trinajstić information content (AvgIpc) is 2.61. The van der Waals surface area contributed by atoms with Crippen molar-refractivity contribution >= 4 is 5.91 Å². The van der Waals surface area contributed by atoms with Crippen LogP contribution in [0.5, 0.6) is 5.75 Å². The molecule has 1 aromatic carbocycles. The highest BCUT2D eigenvalue weighted by molar-refractivity contribution is 5.94. The Balaban J connectivity index is 1.81. The smallest absolute Gasteiger partial charge is 0.253 e. The van der Waals surface area contributed by atoms with Crippen LogP contribution in [0.1, 0.15) is 49.9 Å². The standard InChI is InChI=1S/C19H30N2O2/c1-3-5-14-23-18-8-6-17(7-9-18)19(22)21-12-10-16(11-13-21)15-20-4-2/h6-9,16,20H,3-5,10-15H2,1-2H3. The highest BCUT2D eigenvalue weighted by atomic mass is 16.5. The Bertz CT molecular complexity index is 465. The van der Waals surface area contributed by atoms with Gasteiger partial charge in [0.05, 0.1) is 6.61 Å². The Hall–Kier alpha value is -1.55. The van der Waals surface area contributed by atoms with Gasteiger partial charge < -0.3 is 15.0 Å². The molecule has 4 heteroatoms. The minimum absolute atomic E-state index is 0.145. The third-order valence-electron chi connectivity index (χ3n) is 4.45. The number of unbranched alkanes of at least 4 members (excludes halogenated alkanes) is 1. The van der Waals surface area contributed by atoms with Crippen molar-refractivity contribution in [1.82, 2.24) is 10.2 Å². The molecule has 1 saturated heterocycles. The lowest BCUT2D eigenvalue weighted by atomic mass is 9.96. The molecule has 0 saturated carbocycles. The number of carbonyl (C=O) groups excluding carboxylic acids is 1. The number of nitrogens with one attached hydrogen (secondary N) is 1. The monoisotopic (exact) mass is 318 g/mol. The molecule has 1 aliphatic heterocycles. The van der Waals surface area contributed by atoms with E-state index in [1.165, 1.54) is 0 Å². The second-order valence-corrected chi connectivity index (χ2v) is 6.27. The first-order valence-corrected chi connectivity index (χ1v) is 8.97. The van der Waals surface area contributed by atoms with E-state index in [0.29, 0.717) is 5.92 Å². The van der Waals surface area contributed by atoms with Gasteiger partial charge in [0.2, 0.25) is 0 Å².